The van der Waals surface area contributed by atoms with Gasteiger partial charge >= 0.3 is 0 Å². The van der Waals surface area contributed by atoms with Crippen molar-refractivity contribution in [3.05, 3.63) is 105 Å². The van der Waals surface area contributed by atoms with E-state index in [4.69, 9.17) is 46.4 Å². The van der Waals surface area contributed by atoms with Crippen LogP contribution in [0.15, 0.2) is 83.8 Å². The third-order valence-electron chi connectivity index (χ3n) is 4.53. The summed E-state index contributed by atoms with van der Waals surface area (Å²) < 4.78 is 19.8. The number of halogens is 5. The number of benzene rings is 4. The molecule has 0 unspecified atom stereocenters. The van der Waals surface area contributed by atoms with Crippen molar-refractivity contribution in [1.82, 2.24) is 4.72 Å². The van der Waals surface area contributed by atoms with Crippen LogP contribution >= 0.6 is 58.4 Å². The van der Waals surface area contributed by atoms with Gasteiger partial charge in [-0.2, -0.15) is 0 Å². The van der Waals surface area contributed by atoms with E-state index in [1.165, 1.54) is 6.07 Å². The molecule has 1 nitrogen and oxygen atoms in total. The van der Waals surface area contributed by atoms with Gasteiger partial charge in [-0.05, 0) is 71.3 Å². The smallest absolute Gasteiger partial charge is 0.150 e. The van der Waals surface area contributed by atoms with E-state index in [2.05, 4.69) is 4.72 Å². The molecule has 1 radical (unpaired) electrons. The number of hydrogen-bond acceptors (Lipinski definition) is 1. The molecule has 0 atom stereocenters. The lowest BCUT2D eigenvalue weighted by atomic mass is 9.97. The quantitative estimate of drug-likeness (QED) is 0.245. The Morgan fingerprint density at radius 1 is 0.613 bits per heavy atom. The van der Waals surface area contributed by atoms with E-state index >= 15 is 4.39 Å². The fourth-order valence-corrected chi connectivity index (χ4v) is 4.41. The fraction of sp³-hybridized carbons (Fsp3) is 0. The van der Waals surface area contributed by atoms with Crippen molar-refractivity contribution < 1.29 is 4.39 Å². The van der Waals surface area contributed by atoms with Crippen LogP contribution in [0, 0.1) is 5.82 Å². The highest BCUT2D eigenvalue weighted by atomic mass is 35.5. The standard InChI is InChI=1S/C24H13Cl4FNS/c25-17-5-1-14(2-6-17)16-11-20(15-3-7-18(26)8-4-15)24(22(29)12-16)30-31-23-10-9-19(27)13-21(23)28/h1-13H. The second-order valence-corrected chi connectivity index (χ2v) is 9.15. The van der Waals surface area contributed by atoms with Crippen LogP contribution in [0.1, 0.15) is 0 Å². The summed E-state index contributed by atoms with van der Waals surface area (Å²) in [5.41, 5.74) is 3.21. The molecule has 7 heteroatoms. The van der Waals surface area contributed by atoms with Crippen LogP contribution in [0.2, 0.25) is 20.1 Å². The van der Waals surface area contributed by atoms with Gasteiger partial charge in [-0.3, -0.25) is 0 Å². The Kier molecular flexibility index (Phi) is 7.00. The molecule has 0 bridgehead atoms. The highest BCUT2D eigenvalue weighted by Crippen LogP contribution is 2.39. The number of rotatable bonds is 5. The second-order valence-electron chi connectivity index (χ2n) is 6.63. The maximum absolute atomic E-state index is 15.3. The van der Waals surface area contributed by atoms with Gasteiger partial charge in [0.1, 0.15) is 5.69 Å². The van der Waals surface area contributed by atoms with Crippen LogP contribution in [0.5, 0.6) is 0 Å². The predicted molar refractivity (Wildman–Crippen MR) is 131 cm³/mol. The van der Waals surface area contributed by atoms with Crippen molar-refractivity contribution in [2.24, 2.45) is 0 Å². The molecule has 4 aromatic rings. The summed E-state index contributed by atoms with van der Waals surface area (Å²) >= 11 is 25.3. The van der Waals surface area contributed by atoms with Gasteiger partial charge in [-0.15, -0.1) is 0 Å². The number of hydrogen-bond donors (Lipinski definition) is 0. The molecule has 31 heavy (non-hydrogen) atoms. The first-order valence-electron chi connectivity index (χ1n) is 9.09. The monoisotopic (exact) mass is 506 g/mol. The first-order chi connectivity index (χ1) is 14.9. The van der Waals surface area contributed by atoms with Gasteiger partial charge in [-0.25, -0.2) is 9.11 Å². The van der Waals surface area contributed by atoms with Gasteiger partial charge in [0.2, 0.25) is 0 Å². The predicted octanol–water partition coefficient (Wildman–Crippen LogP) is 9.72. The summed E-state index contributed by atoms with van der Waals surface area (Å²) in [7, 11) is 0. The van der Waals surface area contributed by atoms with Crippen LogP contribution in [0.3, 0.4) is 0 Å². The highest BCUT2D eigenvalue weighted by molar-refractivity contribution is 7.97. The molecule has 0 aliphatic carbocycles. The van der Waals surface area contributed by atoms with Crippen molar-refractivity contribution in [1.29, 1.82) is 0 Å². The van der Waals surface area contributed by atoms with Crippen molar-refractivity contribution in [3.63, 3.8) is 0 Å². The molecular weight excluding hydrogens is 495 g/mol. The minimum absolute atomic E-state index is 0.219. The van der Waals surface area contributed by atoms with Gasteiger partial charge in [0.15, 0.2) is 5.82 Å². The Labute approximate surface area is 204 Å². The zero-order valence-corrected chi connectivity index (χ0v) is 19.6. The van der Waals surface area contributed by atoms with E-state index < -0.39 is 5.82 Å². The maximum Gasteiger partial charge on any atom is 0.150 e. The Morgan fingerprint density at radius 3 is 1.81 bits per heavy atom. The van der Waals surface area contributed by atoms with E-state index in [1.54, 1.807) is 42.5 Å². The molecular formula is C24H13Cl4FNS. The van der Waals surface area contributed by atoms with Crippen LogP contribution in [0.4, 0.5) is 10.1 Å². The first-order valence-corrected chi connectivity index (χ1v) is 11.4. The molecule has 0 amide bonds. The Hall–Kier alpha value is -1.88. The van der Waals surface area contributed by atoms with E-state index in [1.807, 2.05) is 30.3 Å². The van der Waals surface area contributed by atoms with Gasteiger partial charge in [-0.1, -0.05) is 70.7 Å². The lowest BCUT2D eigenvalue weighted by Gasteiger charge is -2.14. The van der Waals surface area contributed by atoms with Crippen molar-refractivity contribution in [2.45, 2.75) is 4.90 Å². The summed E-state index contributed by atoms with van der Waals surface area (Å²) in [6, 6.07) is 22.9. The van der Waals surface area contributed by atoms with E-state index in [0.717, 1.165) is 23.1 Å². The molecule has 0 saturated carbocycles. The van der Waals surface area contributed by atoms with Crippen LogP contribution in [-0.4, -0.2) is 0 Å². The van der Waals surface area contributed by atoms with Crippen LogP contribution in [-0.2, 0) is 0 Å². The van der Waals surface area contributed by atoms with E-state index in [9.17, 15) is 0 Å². The molecule has 0 fully saturated rings. The average Bonchev–Trinajstić information content (AvgIpc) is 2.75. The van der Waals surface area contributed by atoms with Gasteiger partial charge in [0, 0.05) is 37.5 Å². The van der Waals surface area contributed by atoms with Gasteiger partial charge in [0.25, 0.3) is 0 Å². The zero-order valence-electron chi connectivity index (χ0n) is 15.8. The summed E-state index contributed by atoms with van der Waals surface area (Å²) in [6.45, 7) is 0. The molecule has 0 spiro atoms. The molecule has 155 valence electrons. The Bertz CT molecular complexity index is 1230. The topological polar surface area (TPSA) is 14.1 Å². The SMILES string of the molecule is Fc1cc(-c2ccc(Cl)cc2)cc(-c2ccc(Cl)cc2)c1[N]Sc1ccc(Cl)cc1Cl. The van der Waals surface area contributed by atoms with E-state index in [0.29, 0.717) is 36.1 Å². The average molecular weight is 508 g/mol. The molecule has 0 N–H and O–H groups in total. The van der Waals surface area contributed by atoms with Crippen molar-refractivity contribution in [2.75, 3.05) is 0 Å². The third kappa shape index (κ3) is 5.31. The van der Waals surface area contributed by atoms with Crippen molar-refractivity contribution >= 4 is 64.0 Å². The fourth-order valence-electron chi connectivity index (χ4n) is 2.99. The summed E-state index contributed by atoms with van der Waals surface area (Å²) in [4.78, 5) is 0.675. The molecule has 0 aromatic heterocycles. The summed E-state index contributed by atoms with van der Waals surface area (Å²) in [5, 5.41) is 2.19. The maximum atomic E-state index is 15.3. The molecule has 0 aliphatic heterocycles. The van der Waals surface area contributed by atoms with Crippen LogP contribution < -0.4 is 4.72 Å². The van der Waals surface area contributed by atoms with Crippen LogP contribution in [0.25, 0.3) is 22.3 Å². The summed E-state index contributed by atoms with van der Waals surface area (Å²) in [6.07, 6.45) is 0. The van der Waals surface area contributed by atoms with Crippen molar-refractivity contribution in [3.8, 4) is 22.3 Å². The Morgan fingerprint density at radius 2 is 1.19 bits per heavy atom. The lowest BCUT2D eigenvalue weighted by Crippen LogP contribution is -1.96. The highest BCUT2D eigenvalue weighted by Gasteiger charge is 2.17. The molecule has 0 saturated heterocycles. The molecule has 0 aliphatic rings. The normalized spacial score (nSPS) is 10.9. The third-order valence-corrected chi connectivity index (χ3v) is 6.52. The van der Waals surface area contributed by atoms with Gasteiger partial charge < -0.3 is 0 Å². The van der Waals surface area contributed by atoms with Gasteiger partial charge in [0.05, 0.1) is 5.02 Å². The largest absolute Gasteiger partial charge is 0.208 e. The Balaban J connectivity index is 1.77. The molecule has 0 heterocycles. The zero-order chi connectivity index (χ0) is 22.0. The van der Waals surface area contributed by atoms with E-state index in [-0.39, 0.29) is 5.69 Å². The first kappa shape index (κ1) is 22.3. The molecule has 4 aromatic carbocycles. The minimum atomic E-state index is -0.449. The number of nitrogens with zero attached hydrogens (tertiary/aromatic N) is 1. The summed E-state index contributed by atoms with van der Waals surface area (Å²) in [5.74, 6) is -0.449. The molecule has 4 rings (SSSR count). The lowest BCUT2D eigenvalue weighted by molar-refractivity contribution is 0.628. The second kappa shape index (κ2) is 9.72. The minimum Gasteiger partial charge on any atom is -0.208 e.